The van der Waals surface area contributed by atoms with Crippen molar-refractivity contribution in [3.63, 3.8) is 0 Å². The number of hydrogen-bond acceptors (Lipinski definition) is 2. The van der Waals surface area contributed by atoms with Crippen molar-refractivity contribution in [2.45, 2.75) is 32.9 Å². The number of nitrogens with one attached hydrogen (secondary N) is 1. The standard InChI is InChI=1S/C13H22N2/c1-10(2)14-13-9-7-6-8-12(13)11(3)15(4)5/h6-11,14H,1-5H3/t11-/m1/s1. The van der Waals surface area contributed by atoms with Gasteiger partial charge in [-0.25, -0.2) is 0 Å². The van der Waals surface area contributed by atoms with Gasteiger partial charge in [0.05, 0.1) is 0 Å². The fourth-order valence-corrected chi connectivity index (χ4v) is 1.58. The molecule has 0 spiro atoms. The predicted octanol–water partition coefficient (Wildman–Crippen LogP) is 3.13. The number of nitrogens with zero attached hydrogens (tertiary/aromatic N) is 1. The summed E-state index contributed by atoms with van der Waals surface area (Å²) in [6, 6.07) is 9.43. The molecule has 2 heteroatoms. The van der Waals surface area contributed by atoms with Crippen LogP contribution < -0.4 is 5.32 Å². The van der Waals surface area contributed by atoms with E-state index in [1.54, 1.807) is 0 Å². The van der Waals surface area contributed by atoms with Crippen molar-refractivity contribution < 1.29 is 0 Å². The van der Waals surface area contributed by atoms with Gasteiger partial charge in [-0.1, -0.05) is 18.2 Å². The van der Waals surface area contributed by atoms with Crippen molar-refractivity contribution >= 4 is 5.69 Å². The third kappa shape index (κ3) is 3.24. The number of rotatable bonds is 4. The summed E-state index contributed by atoms with van der Waals surface area (Å²) in [5.41, 5.74) is 2.60. The SMILES string of the molecule is CC(C)Nc1ccccc1[C@@H](C)N(C)C. The average molecular weight is 206 g/mol. The van der Waals surface area contributed by atoms with E-state index in [4.69, 9.17) is 0 Å². The van der Waals surface area contributed by atoms with E-state index in [0.29, 0.717) is 12.1 Å². The molecule has 0 heterocycles. The van der Waals surface area contributed by atoms with E-state index in [-0.39, 0.29) is 0 Å². The molecular formula is C13H22N2. The van der Waals surface area contributed by atoms with Gasteiger partial charge >= 0.3 is 0 Å². The first-order valence-electron chi connectivity index (χ1n) is 5.54. The van der Waals surface area contributed by atoms with Gasteiger partial charge in [-0.3, -0.25) is 0 Å². The fraction of sp³-hybridized carbons (Fsp3) is 0.538. The van der Waals surface area contributed by atoms with Crippen molar-refractivity contribution in [1.29, 1.82) is 0 Å². The maximum absolute atomic E-state index is 3.48. The zero-order valence-corrected chi connectivity index (χ0v) is 10.4. The minimum atomic E-state index is 0.437. The normalized spacial score (nSPS) is 13.3. The van der Waals surface area contributed by atoms with Crippen LogP contribution in [0.3, 0.4) is 0 Å². The summed E-state index contributed by atoms with van der Waals surface area (Å²) in [6.07, 6.45) is 0. The number of hydrogen-bond donors (Lipinski definition) is 1. The first kappa shape index (κ1) is 12.1. The molecule has 0 unspecified atom stereocenters. The smallest absolute Gasteiger partial charge is 0.0390 e. The second-order valence-corrected chi connectivity index (χ2v) is 4.53. The molecule has 0 saturated carbocycles. The minimum absolute atomic E-state index is 0.437. The van der Waals surface area contributed by atoms with Crippen molar-refractivity contribution in [3.05, 3.63) is 29.8 Å². The lowest BCUT2D eigenvalue weighted by molar-refractivity contribution is 0.322. The van der Waals surface area contributed by atoms with Gasteiger partial charge in [0.2, 0.25) is 0 Å². The van der Waals surface area contributed by atoms with Crippen LogP contribution in [0.4, 0.5) is 5.69 Å². The van der Waals surface area contributed by atoms with Crippen LogP contribution in [0, 0.1) is 0 Å². The van der Waals surface area contributed by atoms with Gasteiger partial charge in [0.1, 0.15) is 0 Å². The van der Waals surface area contributed by atoms with Gasteiger partial charge < -0.3 is 10.2 Å². The molecule has 0 fully saturated rings. The number of anilines is 1. The van der Waals surface area contributed by atoms with Gasteiger partial charge in [-0.05, 0) is 46.5 Å². The summed E-state index contributed by atoms with van der Waals surface area (Å²) in [4.78, 5) is 2.22. The van der Waals surface area contributed by atoms with Crippen LogP contribution in [0.25, 0.3) is 0 Å². The number of benzene rings is 1. The lowest BCUT2D eigenvalue weighted by atomic mass is 10.0. The van der Waals surface area contributed by atoms with Crippen LogP contribution in [-0.2, 0) is 0 Å². The highest BCUT2D eigenvalue weighted by Gasteiger charge is 2.11. The van der Waals surface area contributed by atoms with Gasteiger partial charge in [-0.15, -0.1) is 0 Å². The van der Waals surface area contributed by atoms with E-state index in [0.717, 1.165) is 0 Å². The highest BCUT2D eigenvalue weighted by molar-refractivity contribution is 5.52. The minimum Gasteiger partial charge on any atom is -0.383 e. The summed E-state index contributed by atoms with van der Waals surface area (Å²) >= 11 is 0. The Morgan fingerprint density at radius 2 is 1.67 bits per heavy atom. The molecule has 0 radical (unpaired) electrons. The average Bonchev–Trinajstić information content (AvgIpc) is 2.16. The highest BCUT2D eigenvalue weighted by atomic mass is 15.1. The van der Waals surface area contributed by atoms with E-state index in [1.807, 2.05) is 0 Å². The maximum atomic E-state index is 3.48. The van der Waals surface area contributed by atoms with E-state index >= 15 is 0 Å². The summed E-state index contributed by atoms with van der Waals surface area (Å²) < 4.78 is 0. The summed E-state index contributed by atoms with van der Waals surface area (Å²) in [7, 11) is 4.22. The first-order chi connectivity index (χ1) is 7.02. The lowest BCUT2D eigenvalue weighted by Gasteiger charge is -2.24. The summed E-state index contributed by atoms with van der Waals surface area (Å²) in [5, 5.41) is 3.48. The van der Waals surface area contributed by atoms with Crippen molar-refractivity contribution in [2.75, 3.05) is 19.4 Å². The topological polar surface area (TPSA) is 15.3 Å². The molecule has 0 bridgehead atoms. The third-order valence-electron chi connectivity index (χ3n) is 2.63. The molecule has 1 N–H and O–H groups in total. The summed E-state index contributed by atoms with van der Waals surface area (Å²) in [5.74, 6) is 0. The van der Waals surface area contributed by atoms with E-state index in [9.17, 15) is 0 Å². The van der Waals surface area contributed by atoms with Crippen molar-refractivity contribution in [3.8, 4) is 0 Å². The van der Waals surface area contributed by atoms with Crippen molar-refractivity contribution in [2.24, 2.45) is 0 Å². The molecule has 0 aromatic heterocycles. The largest absolute Gasteiger partial charge is 0.383 e. The predicted molar refractivity (Wildman–Crippen MR) is 67.3 cm³/mol. The van der Waals surface area contributed by atoms with Crippen LogP contribution in [-0.4, -0.2) is 25.0 Å². The molecule has 0 aliphatic rings. The molecule has 1 atom stereocenters. The Morgan fingerprint density at radius 1 is 1.07 bits per heavy atom. The second kappa shape index (κ2) is 5.17. The van der Waals surface area contributed by atoms with E-state index in [1.165, 1.54) is 11.3 Å². The fourth-order valence-electron chi connectivity index (χ4n) is 1.58. The Balaban J connectivity index is 2.95. The molecular weight excluding hydrogens is 184 g/mol. The molecule has 84 valence electrons. The van der Waals surface area contributed by atoms with Gasteiger partial charge in [-0.2, -0.15) is 0 Å². The Labute approximate surface area is 93.3 Å². The highest BCUT2D eigenvalue weighted by Crippen LogP contribution is 2.25. The van der Waals surface area contributed by atoms with Gasteiger partial charge in [0.15, 0.2) is 0 Å². The summed E-state index contributed by atoms with van der Waals surface area (Å²) in [6.45, 7) is 6.55. The third-order valence-corrected chi connectivity index (χ3v) is 2.63. The Kier molecular flexibility index (Phi) is 4.15. The second-order valence-electron chi connectivity index (χ2n) is 4.53. The van der Waals surface area contributed by atoms with Crippen LogP contribution in [0.5, 0.6) is 0 Å². The molecule has 1 rings (SSSR count). The Bertz CT molecular complexity index is 305. The Hall–Kier alpha value is -1.02. The van der Waals surface area contributed by atoms with E-state index < -0.39 is 0 Å². The van der Waals surface area contributed by atoms with Crippen LogP contribution in [0.15, 0.2) is 24.3 Å². The first-order valence-corrected chi connectivity index (χ1v) is 5.54. The maximum Gasteiger partial charge on any atom is 0.0390 e. The molecule has 0 saturated heterocycles. The zero-order chi connectivity index (χ0) is 11.4. The molecule has 1 aromatic carbocycles. The molecule has 2 nitrogen and oxygen atoms in total. The zero-order valence-electron chi connectivity index (χ0n) is 10.4. The van der Waals surface area contributed by atoms with Gasteiger partial charge in [0, 0.05) is 17.8 Å². The molecule has 15 heavy (non-hydrogen) atoms. The van der Waals surface area contributed by atoms with Crippen LogP contribution in [0.2, 0.25) is 0 Å². The quantitative estimate of drug-likeness (QED) is 0.814. The molecule has 0 aliphatic heterocycles. The monoisotopic (exact) mass is 206 g/mol. The van der Waals surface area contributed by atoms with Gasteiger partial charge in [0.25, 0.3) is 0 Å². The molecule has 1 aromatic rings. The van der Waals surface area contributed by atoms with Crippen LogP contribution in [0.1, 0.15) is 32.4 Å². The lowest BCUT2D eigenvalue weighted by Crippen LogP contribution is -2.19. The van der Waals surface area contributed by atoms with Crippen LogP contribution >= 0.6 is 0 Å². The van der Waals surface area contributed by atoms with Crippen molar-refractivity contribution in [1.82, 2.24) is 4.90 Å². The Morgan fingerprint density at radius 3 is 2.20 bits per heavy atom. The number of para-hydroxylation sites is 1. The van der Waals surface area contributed by atoms with E-state index in [2.05, 4.69) is 69.3 Å². The molecule has 0 amide bonds. The molecule has 0 aliphatic carbocycles.